The first kappa shape index (κ1) is 31.6. The fourth-order valence-electron chi connectivity index (χ4n) is 4.51. The van der Waals surface area contributed by atoms with Gasteiger partial charge in [0.1, 0.15) is 38.6 Å². The molecule has 8 nitrogen and oxygen atoms in total. The van der Waals surface area contributed by atoms with Crippen molar-refractivity contribution < 1.29 is 38.0 Å². The predicted octanol–water partition coefficient (Wildman–Crippen LogP) is 6.39. The topological polar surface area (TPSA) is 81.7 Å². The van der Waals surface area contributed by atoms with Crippen molar-refractivity contribution in [3.05, 3.63) is 48.5 Å². The molecule has 0 amide bonds. The Morgan fingerprint density at radius 1 is 0.700 bits per heavy atom. The van der Waals surface area contributed by atoms with E-state index in [2.05, 4.69) is 6.92 Å². The number of fused-ring (bicyclic) bond motifs is 2. The highest BCUT2D eigenvalue weighted by Crippen LogP contribution is 2.32. The molecular formula is C32H46O8. The summed E-state index contributed by atoms with van der Waals surface area (Å²) < 4.78 is 41.4. The minimum absolute atomic E-state index is 0.167. The summed E-state index contributed by atoms with van der Waals surface area (Å²) in [5.74, 6) is 1.99. The van der Waals surface area contributed by atoms with Gasteiger partial charge < -0.3 is 33.2 Å². The molecule has 3 rings (SSSR count). The van der Waals surface area contributed by atoms with Gasteiger partial charge in [-0.25, -0.2) is 4.79 Å². The highest BCUT2D eigenvalue weighted by molar-refractivity contribution is 5.70. The third-order valence-corrected chi connectivity index (χ3v) is 6.86. The fourth-order valence-corrected chi connectivity index (χ4v) is 4.51. The van der Waals surface area contributed by atoms with E-state index < -0.39 is 11.6 Å². The van der Waals surface area contributed by atoms with Gasteiger partial charge in [-0.15, -0.1) is 0 Å². The third-order valence-electron chi connectivity index (χ3n) is 6.86. The van der Waals surface area contributed by atoms with Crippen LogP contribution in [0.5, 0.6) is 23.0 Å². The molecule has 222 valence electrons. The van der Waals surface area contributed by atoms with Gasteiger partial charge in [-0.05, 0) is 30.7 Å². The maximum Gasteiger partial charge on any atom is 0.331 e. The van der Waals surface area contributed by atoms with Gasteiger partial charge in [0.15, 0.2) is 23.0 Å². The van der Waals surface area contributed by atoms with Crippen molar-refractivity contribution in [3.8, 4) is 23.0 Å². The first-order valence-corrected chi connectivity index (χ1v) is 14.6. The molecule has 0 saturated carbocycles. The van der Waals surface area contributed by atoms with E-state index in [4.69, 9.17) is 33.2 Å². The lowest BCUT2D eigenvalue weighted by molar-refractivity contribution is -0.160. The van der Waals surface area contributed by atoms with Gasteiger partial charge in [0, 0.05) is 0 Å². The first-order valence-electron chi connectivity index (χ1n) is 14.6. The minimum atomic E-state index is -0.906. The SMILES string of the molecule is CCCCCCCCCCC1(OCC(=O)OC)COc2ccccc2OCCOCCOc2ccccc2OC1. The summed E-state index contributed by atoms with van der Waals surface area (Å²) in [5.41, 5.74) is -0.906. The van der Waals surface area contributed by atoms with Crippen molar-refractivity contribution >= 4 is 5.97 Å². The number of hydrogen-bond acceptors (Lipinski definition) is 8. The number of methoxy groups -OCH3 is 1. The van der Waals surface area contributed by atoms with Crippen molar-refractivity contribution in [3.63, 3.8) is 0 Å². The van der Waals surface area contributed by atoms with Gasteiger partial charge in [-0.1, -0.05) is 82.6 Å². The molecule has 0 atom stereocenters. The molecular weight excluding hydrogens is 512 g/mol. The second-order valence-electron chi connectivity index (χ2n) is 10.1. The first-order chi connectivity index (χ1) is 19.7. The molecule has 8 heteroatoms. The average Bonchev–Trinajstić information content (AvgIpc) is 2.98. The summed E-state index contributed by atoms with van der Waals surface area (Å²) in [5, 5.41) is 0. The van der Waals surface area contributed by atoms with Gasteiger partial charge in [0.25, 0.3) is 0 Å². The number of unbranched alkanes of at least 4 members (excludes halogenated alkanes) is 7. The molecule has 1 aliphatic rings. The normalized spacial score (nSPS) is 15.8. The molecule has 0 N–H and O–H groups in total. The van der Waals surface area contributed by atoms with Crippen molar-refractivity contribution in [1.29, 1.82) is 0 Å². The van der Waals surface area contributed by atoms with Gasteiger partial charge in [0.2, 0.25) is 0 Å². The van der Waals surface area contributed by atoms with Crippen LogP contribution in [0.1, 0.15) is 64.7 Å². The second kappa shape index (κ2) is 18.4. The lowest BCUT2D eigenvalue weighted by Crippen LogP contribution is -2.46. The smallest absolute Gasteiger partial charge is 0.331 e. The summed E-state index contributed by atoms with van der Waals surface area (Å²) in [6, 6.07) is 15.1. The Labute approximate surface area is 239 Å². The molecule has 2 aromatic rings. The van der Waals surface area contributed by atoms with Crippen LogP contribution >= 0.6 is 0 Å². The monoisotopic (exact) mass is 558 g/mol. The van der Waals surface area contributed by atoms with Crippen LogP contribution < -0.4 is 18.9 Å². The molecule has 0 bridgehead atoms. The van der Waals surface area contributed by atoms with Gasteiger partial charge >= 0.3 is 5.97 Å². The number of carbonyl (C=O) groups excluding carboxylic acids is 1. The number of para-hydroxylation sites is 4. The zero-order chi connectivity index (χ0) is 28.3. The molecule has 0 unspecified atom stereocenters. The molecule has 40 heavy (non-hydrogen) atoms. The van der Waals surface area contributed by atoms with Crippen LogP contribution in [0.3, 0.4) is 0 Å². The molecule has 0 saturated heterocycles. The van der Waals surface area contributed by atoms with Crippen molar-refractivity contribution in [2.24, 2.45) is 0 Å². The number of hydrogen-bond donors (Lipinski definition) is 0. The van der Waals surface area contributed by atoms with E-state index in [0.29, 0.717) is 55.8 Å². The van der Waals surface area contributed by atoms with Crippen LogP contribution in [0, 0.1) is 0 Å². The average molecular weight is 559 g/mol. The van der Waals surface area contributed by atoms with Crippen molar-refractivity contribution in [1.82, 2.24) is 0 Å². The van der Waals surface area contributed by atoms with E-state index in [1.807, 2.05) is 48.5 Å². The lowest BCUT2D eigenvalue weighted by atomic mass is 9.96. The van der Waals surface area contributed by atoms with Crippen molar-refractivity contribution in [2.75, 3.05) is 53.4 Å². The number of benzene rings is 2. The molecule has 0 radical (unpaired) electrons. The van der Waals surface area contributed by atoms with Crippen LogP contribution in [-0.2, 0) is 19.0 Å². The third kappa shape index (κ3) is 11.3. The molecule has 1 aliphatic heterocycles. The molecule has 0 fully saturated rings. The number of rotatable bonds is 12. The van der Waals surface area contributed by atoms with Gasteiger partial charge in [0.05, 0.1) is 20.3 Å². The summed E-state index contributed by atoms with van der Waals surface area (Å²) in [6.45, 7) is 3.96. The largest absolute Gasteiger partial charge is 0.487 e. The molecule has 0 spiro atoms. The van der Waals surface area contributed by atoms with Gasteiger partial charge in [-0.3, -0.25) is 0 Å². The van der Waals surface area contributed by atoms with E-state index in [-0.39, 0.29) is 19.8 Å². The summed E-state index contributed by atoms with van der Waals surface area (Å²) in [4.78, 5) is 12.1. The van der Waals surface area contributed by atoms with Crippen LogP contribution in [0.15, 0.2) is 48.5 Å². The second-order valence-corrected chi connectivity index (χ2v) is 10.1. The zero-order valence-electron chi connectivity index (χ0n) is 24.2. The van der Waals surface area contributed by atoms with Crippen LogP contribution in [0.2, 0.25) is 0 Å². The molecule has 0 aliphatic carbocycles. The van der Waals surface area contributed by atoms with Crippen molar-refractivity contribution in [2.45, 2.75) is 70.3 Å². The Kier molecular flexibility index (Phi) is 14.5. The standard InChI is InChI=1S/C32H46O8/c1-3-4-5-6-7-8-9-14-19-32(40-24-31(33)34-2)25-38-29-17-12-10-15-27(29)36-22-20-35-21-23-37-28-16-11-13-18-30(28)39-26-32/h10-13,15-18H,3-9,14,19-26H2,1-2H3. The van der Waals surface area contributed by atoms with E-state index in [1.165, 1.54) is 39.2 Å². The van der Waals surface area contributed by atoms with Gasteiger partial charge in [-0.2, -0.15) is 0 Å². The number of carbonyl (C=O) groups is 1. The minimum Gasteiger partial charge on any atom is -0.487 e. The molecule has 2 aromatic carbocycles. The Bertz CT molecular complexity index is 923. The van der Waals surface area contributed by atoms with E-state index >= 15 is 0 Å². The van der Waals surface area contributed by atoms with E-state index in [0.717, 1.165) is 19.3 Å². The maximum absolute atomic E-state index is 12.1. The lowest BCUT2D eigenvalue weighted by Gasteiger charge is -2.34. The number of ether oxygens (including phenoxy) is 7. The quantitative estimate of drug-likeness (QED) is 0.219. The predicted molar refractivity (Wildman–Crippen MR) is 154 cm³/mol. The summed E-state index contributed by atoms with van der Waals surface area (Å²) >= 11 is 0. The maximum atomic E-state index is 12.1. The fraction of sp³-hybridized carbons (Fsp3) is 0.594. The number of esters is 1. The summed E-state index contributed by atoms with van der Waals surface area (Å²) in [6.07, 6.45) is 10.1. The molecule has 1 heterocycles. The molecule has 0 aromatic heterocycles. The highest BCUT2D eigenvalue weighted by Gasteiger charge is 2.35. The Hall–Kier alpha value is -2.97. The Balaban J connectivity index is 1.80. The highest BCUT2D eigenvalue weighted by atomic mass is 16.6. The zero-order valence-corrected chi connectivity index (χ0v) is 24.2. The van der Waals surface area contributed by atoms with Crippen LogP contribution in [-0.4, -0.2) is 64.9 Å². The van der Waals surface area contributed by atoms with E-state index in [9.17, 15) is 4.79 Å². The Morgan fingerprint density at radius 2 is 1.18 bits per heavy atom. The Morgan fingerprint density at radius 3 is 1.68 bits per heavy atom. The van der Waals surface area contributed by atoms with Crippen LogP contribution in [0.4, 0.5) is 0 Å². The van der Waals surface area contributed by atoms with Crippen LogP contribution in [0.25, 0.3) is 0 Å². The summed E-state index contributed by atoms with van der Waals surface area (Å²) in [7, 11) is 1.35. The van der Waals surface area contributed by atoms with E-state index in [1.54, 1.807) is 0 Å².